The van der Waals surface area contributed by atoms with Crippen molar-refractivity contribution in [3.63, 3.8) is 0 Å². The number of aliphatic hydroxyl groups excluding tert-OH is 1. The van der Waals surface area contributed by atoms with E-state index in [0.29, 0.717) is 13.0 Å². The molecule has 1 unspecified atom stereocenters. The summed E-state index contributed by atoms with van der Waals surface area (Å²) in [5, 5.41) is 18.8. The van der Waals surface area contributed by atoms with Crippen LogP contribution in [0.3, 0.4) is 0 Å². The van der Waals surface area contributed by atoms with Gasteiger partial charge < -0.3 is 9.84 Å². The standard InChI is InChI=1S/C16H21NO2/c1-16(2,11-17)8-9-19-13-6-7-14-12(10-13)4-3-5-15(14)18/h6-7,10,15,18H,3-5,8-9H2,1-2H3. The fourth-order valence-electron chi connectivity index (χ4n) is 2.33. The molecule has 1 aromatic rings. The van der Waals surface area contributed by atoms with Gasteiger partial charge in [0.05, 0.1) is 24.2 Å². The van der Waals surface area contributed by atoms with Crippen molar-refractivity contribution in [1.82, 2.24) is 0 Å². The van der Waals surface area contributed by atoms with Gasteiger partial charge in [-0.1, -0.05) is 6.07 Å². The zero-order valence-electron chi connectivity index (χ0n) is 11.6. The van der Waals surface area contributed by atoms with Gasteiger partial charge >= 0.3 is 0 Å². The van der Waals surface area contributed by atoms with E-state index in [9.17, 15) is 5.11 Å². The minimum Gasteiger partial charge on any atom is -0.494 e. The first kappa shape index (κ1) is 13.9. The summed E-state index contributed by atoms with van der Waals surface area (Å²) in [7, 11) is 0. The molecule has 0 fully saturated rings. The van der Waals surface area contributed by atoms with E-state index in [1.807, 2.05) is 32.0 Å². The molecule has 0 radical (unpaired) electrons. The molecule has 0 aromatic heterocycles. The Labute approximate surface area is 114 Å². The van der Waals surface area contributed by atoms with Gasteiger partial charge in [-0.25, -0.2) is 0 Å². The maximum Gasteiger partial charge on any atom is 0.119 e. The summed E-state index contributed by atoms with van der Waals surface area (Å²) in [6, 6.07) is 8.17. The summed E-state index contributed by atoms with van der Waals surface area (Å²) >= 11 is 0. The Kier molecular flexibility index (Phi) is 4.11. The molecule has 1 atom stereocenters. The van der Waals surface area contributed by atoms with E-state index < -0.39 is 0 Å². The molecule has 0 heterocycles. The average Bonchev–Trinajstić information content (AvgIpc) is 2.39. The maximum atomic E-state index is 9.89. The second-order valence-electron chi connectivity index (χ2n) is 5.86. The summed E-state index contributed by atoms with van der Waals surface area (Å²) in [5.74, 6) is 0.835. The maximum absolute atomic E-state index is 9.89. The van der Waals surface area contributed by atoms with Crippen molar-refractivity contribution in [2.45, 2.75) is 45.6 Å². The molecule has 0 spiro atoms. The van der Waals surface area contributed by atoms with Crippen LogP contribution in [0.4, 0.5) is 0 Å². The van der Waals surface area contributed by atoms with Crippen LogP contribution in [0.2, 0.25) is 0 Å². The first-order valence-electron chi connectivity index (χ1n) is 6.87. The van der Waals surface area contributed by atoms with Crippen molar-refractivity contribution in [2.75, 3.05) is 6.61 Å². The summed E-state index contributed by atoms with van der Waals surface area (Å²) in [4.78, 5) is 0. The Morgan fingerprint density at radius 2 is 2.26 bits per heavy atom. The first-order valence-corrected chi connectivity index (χ1v) is 6.87. The smallest absolute Gasteiger partial charge is 0.119 e. The van der Waals surface area contributed by atoms with Crippen LogP contribution in [-0.2, 0) is 6.42 Å². The third kappa shape index (κ3) is 3.48. The monoisotopic (exact) mass is 259 g/mol. The van der Waals surface area contributed by atoms with E-state index in [0.717, 1.165) is 30.6 Å². The van der Waals surface area contributed by atoms with E-state index >= 15 is 0 Å². The van der Waals surface area contributed by atoms with Gasteiger partial charge in [0.25, 0.3) is 0 Å². The largest absolute Gasteiger partial charge is 0.494 e. The number of nitrogens with zero attached hydrogens (tertiary/aromatic N) is 1. The van der Waals surface area contributed by atoms with Crippen molar-refractivity contribution in [2.24, 2.45) is 5.41 Å². The van der Waals surface area contributed by atoms with Crippen LogP contribution >= 0.6 is 0 Å². The number of hydrogen-bond acceptors (Lipinski definition) is 3. The van der Waals surface area contributed by atoms with Crippen molar-refractivity contribution >= 4 is 0 Å². The van der Waals surface area contributed by atoms with Gasteiger partial charge in [0.2, 0.25) is 0 Å². The van der Waals surface area contributed by atoms with Crippen LogP contribution in [0.25, 0.3) is 0 Å². The minimum absolute atomic E-state index is 0.324. The second-order valence-corrected chi connectivity index (χ2v) is 5.86. The lowest BCUT2D eigenvalue weighted by Crippen LogP contribution is -2.13. The number of fused-ring (bicyclic) bond motifs is 1. The summed E-state index contributed by atoms with van der Waals surface area (Å²) < 4.78 is 5.71. The van der Waals surface area contributed by atoms with Gasteiger partial charge in [-0.05, 0) is 62.8 Å². The quantitative estimate of drug-likeness (QED) is 0.901. The van der Waals surface area contributed by atoms with Crippen molar-refractivity contribution in [3.05, 3.63) is 29.3 Å². The molecule has 1 N–H and O–H groups in total. The zero-order valence-corrected chi connectivity index (χ0v) is 11.6. The number of aliphatic hydroxyl groups is 1. The molecule has 0 bridgehead atoms. The van der Waals surface area contributed by atoms with Crippen LogP contribution in [0, 0.1) is 16.7 Å². The summed E-state index contributed by atoms with van der Waals surface area (Å²) in [6.07, 6.45) is 3.27. The van der Waals surface area contributed by atoms with Gasteiger partial charge in [-0.2, -0.15) is 5.26 Å². The second kappa shape index (κ2) is 5.63. The molecule has 1 aliphatic rings. The van der Waals surface area contributed by atoms with Gasteiger partial charge in [0, 0.05) is 0 Å². The lowest BCUT2D eigenvalue weighted by molar-refractivity contribution is 0.156. The molecule has 0 amide bonds. The normalized spacial score (nSPS) is 18.5. The van der Waals surface area contributed by atoms with Crippen LogP contribution in [-0.4, -0.2) is 11.7 Å². The lowest BCUT2D eigenvalue weighted by Gasteiger charge is -2.22. The predicted molar refractivity (Wildman–Crippen MR) is 73.8 cm³/mol. The van der Waals surface area contributed by atoms with Crippen molar-refractivity contribution < 1.29 is 9.84 Å². The Bertz CT molecular complexity index is 488. The van der Waals surface area contributed by atoms with Crippen LogP contribution in [0.1, 0.15) is 50.3 Å². The van der Waals surface area contributed by atoms with Crippen molar-refractivity contribution in [3.8, 4) is 11.8 Å². The van der Waals surface area contributed by atoms with Crippen molar-refractivity contribution in [1.29, 1.82) is 5.26 Å². The molecule has 1 aliphatic carbocycles. The number of ether oxygens (including phenoxy) is 1. The molecular weight excluding hydrogens is 238 g/mol. The molecule has 3 heteroatoms. The molecule has 0 saturated heterocycles. The Hall–Kier alpha value is -1.53. The number of nitriles is 1. The van der Waals surface area contributed by atoms with Gasteiger partial charge in [0.1, 0.15) is 5.75 Å². The Morgan fingerprint density at radius 3 is 3.00 bits per heavy atom. The van der Waals surface area contributed by atoms with E-state index in [1.165, 1.54) is 5.56 Å². The highest BCUT2D eigenvalue weighted by atomic mass is 16.5. The van der Waals surface area contributed by atoms with Crippen LogP contribution in [0.15, 0.2) is 18.2 Å². The predicted octanol–water partition coefficient (Wildman–Crippen LogP) is 3.37. The molecule has 2 rings (SSSR count). The SMILES string of the molecule is CC(C)(C#N)CCOc1ccc2c(c1)CCCC2O. The molecule has 19 heavy (non-hydrogen) atoms. The number of aryl methyl sites for hydroxylation is 1. The summed E-state index contributed by atoms with van der Waals surface area (Å²) in [5.41, 5.74) is 1.89. The van der Waals surface area contributed by atoms with Crippen LogP contribution in [0.5, 0.6) is 5.75 Å². The molecule has 3 nitrogen and oxygen atoms in total. The number of benzene rings is 1. The van der Waals surface area contributed by atoms with E-state index in [1.54, 1.807) is 0 Å². The molecule has 1 aromatic carbocycles. The third-order valence-electron chi connectivity index (χ3n) is 3.70. The van der Waals surface area contributed by atoms with Gasteiger partial charge in [-0.15, -0.1) is 0 Å². The van der Waals surface area contributed by atoms with Gasteiger partial charge in [-0.3, -0.25) is 0 Å². The zero-order chi connectivity index (χ0) is 13.9. The highest BCUT2D eigenvalue weighted by molar-refractivity contribution is 5.38. The topological polar surface area (TPSA) is 53.2 Å². The number of rotatable bonds is 4. The minimum atomic E-state index is -0.343. The molecule has 0 saturated carbocycles. The Morgan fingerprint density at radius 1 is 1.47 bits per heavy atom. The highest BCUT2D eigenvalue weighted by Crippen LogP contribution is 2.32. The third-order valence-corrected chi connectivity index (χ3v) is 3.70. The van der Waals surface area contributed by atoms with Gasteiger partial charge in [0.15, 0.2) is 0 Å². The molecular formula is C16H21NO2. The highest BCUT2D eigenvalue weighted by Gasteiger charge is 2.19. The van der Waals surface area contributed by atoms with E-state index in [2.05, 4.69) is 6.07 Å². The number of hydrogen-bond donors (Lipinski definition) is 1. The fourth-order valence-corrected chi connectivity index (χ4v) is 2.33. The Balaban J connectivity index is 1.98. The average molecular weight is 259 g/mol. The van der Waals surface area contributed by atoms with E-state index in [4.69, 9.17) is 10.00 Å². The first-order chi connectivity index (χ1) is 9.02. The fraction of sp³-hybridized carbons (Fsp3) is 0.562. The molecule has 0 aliphatic heterocycles. The summed E-state index contributed by atoms with van der Waals surface area (Å²) in [6.45, 7) is 4.38. The van der Waals surface area contributed by atoms with E-state index in [-0.39, 0.29) is 11.5 Å². The lowest BCUT2D eigenvalue weighted by atomic mass is 9.89. The van der Waals surface area contributed by atoms with Crippen LogP contribution < -0.4 is 4.74 Å². The molecule has 102 valence electrons.